The van der Waals surface area contributed by atoms with Crippen LogP contribution in [-0.4, -0.2) is 53.6 Å². The minimum atomic E-state index is -0.970. The smallest absolute Gasteiger partial charge is 0.271 e. The molecule has 1 atom stereocenters. The number of amides is 2. The van der Waals surface area contributed by atoms with E-state index in [1.165, 1.54) is 0 Å². The fourth-order valence-electron chi connectivity index (χ4n) is 5.03. The van der Waals surface area contributed by atoms with Crippen molar-refractivity contribution in [1.29, 1.82) is 0 Å². The van der Waals surface area contributed by atoms with Crippen LogP contribution < -0.4 is 14.8 Å². The molecule has 1 N–H and O–H groups in total. The monoisotopic (exact) mass is 427 g/mol. The fraction of sp³-hybridized carbons (Fsp3) is 0.583. The van der Waals surface area contributed by atoms with Gasteiger partial charge in [0.05, 0.1) is 26.3 Å². The molecule has 1 fully saturated rings. The summed E-state index contributed by atoms with van der Waals surface area (Å²) in [5, 5.41) is 4.06. The molecule has 2 heterocycles. The van der Waals surface area contributed by atoms with E-state index in [4.69, 9.17) is 9.47 Å². The highest BCUT2D eigenvalue weighted by Crippen LogP contribution is 2.40. The molecule has 2 aliphatic rings. The average Bonchev–Trinajstić information content (AvgIpc) is 3.41. The van der Waals surface area contributed by atoms with Gasteiger partial charge in [-0.2, -0.15) is 0 Å². The molecular weight excluding hydrogens is 394 g/mol. The van der Waals surface area contributed by atoms with Crippen molar-refractivity contribution in [2.75, 3.05) is 20.8 Å². The predicted octanol–water partition coefficient (Wildman–Crippen LogP) is 3.73. The normalized spacial score (nSPS) is 21.4. The first-order chi connectivity index (χ1) is 14.9. The lowest BCUT2D eigenvalue weighted by Crippen LogP contribution is -2.64. The molecule has 1 aromatic heterocycles. The van der Waals surface area contributed by atoms with Crippen LogP contribution in [0.4, 0.5) is 0 Å². The van der Waals surface area contributed by atoms with Gasteiger partial charge in [0.1, 0.15) is 22.7 Å². The van der Waals surface area contributed by atoms with E-state index >= 15 is 0 Å². The third-order valence-electron chi connectivity index (χ3n) is 6.86. The Morgan fingerprint density at radius 1 is 1.19 bits per heavy atom. The zero-order valence-corrected chi connectivity index (χ0v) is 19.0. The molecule has 1 unspecified atom stereocenters. The number of unbranched alkanes of at least 4 members (excludes halogenated alkanes) is 1. The van der Waals surface area contributed by atoms with Gasteiger partial charge in [-0.05, 0) is 44.4 Å². The van der Waals surface area contributed by atoms with Crippen molar-refractivity contribution in [1.82, 2.24) is 14.8 Å². The van der Waals surface area contributed by atoms with E-state index in [1.807, 2.05) is 29.7 Å². The van der Waals surface area contributed by atoms with Gasteiger partial charge in [-0.15, -0.1) is 0 Å². The standard InChI is InChI=1S/C24H33N3O4/c1-5-6-13-27-22(28)18-14-17-19(30-3)11-12-20(31-4)21(17)26(18)15-24(27,2)23(29)25-16-9-7-8-10-16/h11-12,14,16H,5-10,13,15H2,1-4H3,(H,25,29). The molecule has 1 saturated carbocycles. The van der Waals surface area contributed by atoms with Crippen molar-refractivity contribution >= 4 is 22.7 Å². The van der Waals surface area contributed by atoms with Crippen molar-refractivity contribution in [3.05, 3.63) is 23.9 Å². The molecule has 0 saturated heterocycles. The molecule has 31 heavy (non-hydrogen) atoms. The van der Waals surface area contributed by atoms with Gasteiger partial charge >= 0.3 is 0 Å². The second-order valence-corrected chi connectivity index (χ2v) is 8.89. The Balaban J connectivity index is 1.82. The molecular formula is C24H33N3O4. The predicted molar refractivity (Wildman–Crippen MR) is 120 cm³/mol. The summed E-state index contributed by atoms with van der Waals surface area (Å²) in [6.45, 7) is 4.92. The van der Waals surface area contributed by atoms with Gasteiger partial charge in [-0.3, -0.25) is 9.59 Å². The molecule has 2 amide bonds. The van der Waals surface area contributed by atoms with E-state index in [2.05, 4.69) is 12.2 Å². The fourth-order valence-corrected chi connectivity index (χ4v) is 5.03. The summed E-state index contributed by atoms with van der Waals surface area (Å²) in [5.41, 5.74) is 0.391. The van der Waals surface area contributed by atoms with Crippen LogP contribution >= 0.6 is 0 Å². The molecule has 2 aromatic rings. The number of aromatic nitrogens is 1. The molecule has 4 rings (SSSR count). The Morgan fingerprint density at radius 3 is 2.52 bits per heavy atom. The van der Waals surface area contributed by atoms with Crippen molar-refractivity contribution in [2.24, 2.45) is 0 Å². The summed E-state index contributed by atoms with van der Waals surface area (Å²) in [6, 6.07) is 5.76. The van der Waals surface area contributed by atoms with E-state index in [0.29, 0.717) is 30.3 Å². The van der Waals surface area contributed by atoms with E-state index < -0.39 is 5.54 Å². The minimum absolute atomic E-state index is 0.0711. The highest BCUT2D eigenvalue weighted by Gasteiger charge is 2.48. The molecule has 0 bridgehead atoms. The summed E-state index contributed by atoms with van der Waals surface area (Å²) < 4.78 is 13.1. The number of carbonyl (C=O) groups excluding carboxylic acids is 2. The lowest BCUT2D eigenvalue weighted by Gasteiger charge is -2.44. The van der Waals surface area contributed by atoms with Gasteiger partial charge in [0, 0.05) is 18.0 Å². The maximum atomic E-state index is 13.7. The van der Waals surface area contributed by atoms with E-state index in [0.717, 1.165) is 49.4 Å². The van der Waals surface area contributed by atoms with E-state index in [-0.39, 0.29) is 17.9 Å². The number of methoxy groups -OCH3 is 2. The van der Waals surface area contributed by atoms with Gasteiger partial charge in [0.2, 0.25) is 5.91 Å². The first-order valence-electron chi connectivity index (χ1n) is 11.3. The lowest BCUT2D eigenvalue weighted by molar-refractivity contribution is -0.133. The number of hydrogen-bond donors (Lipinski definition) is 1. The zero-order chi connectivity index (χ0) is 22.2. The number of benzene rings is 1. The largest absolute Gasteiger partial charge is 0.496 e. The molecule has 0 radical (unpaired) electrons. The zero-order valence-electron chi connectivity index (χ0n) is 19.0. The maximum absolute atomic E-state index is 13.7. The first kappa shape index (κ1) is 21.5. The Labute approximate surface area is 183 Å². The number of ether oxygens (including phenoxy) is 2. The molecule has 1 aliphatic carbocycles. The van der Waals surface area contributed by atoms with Crippen LogP contribution in [0.2, 0.25) is 0 Å². The summed E-state index contributed by atoms with van der Waals surface area (Å²) in [6.07, 6.45) is 6.10. The number of fused-ring (bicyclic) bond motifs is 3. The first-order valence-corrected chi connectivity index (χ1v) is 11.3. The molecule has 7 nitrogen and oxygen atoms in total. The average molecular weight is 428 g/mol. The van der Waals surface area contributed by atoms with E-state index in [1.54, 1.807) is 19.1 Å². The number of nitrogens with zero attached hydrogens (tertiary/aromatic N) is 2. The molecule has 168 valence electrons. The van der Waals surface area contributed by atoms with Crippen molar-refractivity contribution in [2.45, 2.75) is 70.5 Å². The molecule has 0 spiro atoms. The van der Waals surface area contributed by atoms with Crippen LogP contribution in [0.5, 0.6) is 11.5 Å². The Bertz CT molecular complexity index is 992. The van der Waals surface area contributed by atoms with Crippen LogP contribution in [-0.2, 0) is 11.3 Å². The van der Waals surface area contributed by atoms with Gasteiger partial charge in [-0.25, -0.2) is 0 Å². The molecule has 7 heteroatoms. The Morgan fingerprint density at radius 2 is 1.87 bits per heavy atom. The SMILES string of the molecule is CCCCN1C(=O)c2cc3c(OC)ccc(OC)c3n2CC1(C)C(=O)NC1CCCC1. The van der Waals surface area contributed by atoms with Crippen molar-refractivity contribution in [3.8, 4) is 11.5 Å². The highest BCUT2D eigenvalue weighted by molar-refractivity contribution is 6.05. The molecule has 1 aromatic carbocycles. The Hall–Kier alpha value is -2.70. The second kappa shape index (κ2) is 8.44. The number of rotatable bonds is 7. The van der Waals surface area contributed by atoms with Crippen LogP contribution in [0.25, 0.3) is 10.9 Å². The third kappa shape index (κ3) is 3.54. The summed E-state index contributed by atoms with van der Waals surface area (Å²) in [4.78, 5) is 29.0. The van der Waals surface area contributed by atoms with Crippen LogP contribution in [0.3, 0.4) is 0 Å². The van der Waals surface area contributed by atoms with Gasteiger partial charge in [-0.1, -0.05) is 26.2 Å². The van der Waals surface area contributed by atoms with E-state index in [9.17, 15) is 9.59 Å². The Kier molecular flexibility index (Phi) is 5.86. The topological polar surface area (TPSA) is 72.8 Å². The minimum Gasteiger partial charge on any atom is -0.496 e. The van der Waals surface area contributed by atoms with Crippen molar-refractivity contribution < 1.29 is 19.1 Å². The highest BCUT2D eigenvalue weighted by atomic mass is 16.5. The van der Waals surface area contributed by atoms with Crippen LogP contribution in [0.1, 0.15) is 62.9 Å². The number of carbonyl (C=O) groups is 2. The summed E-state index contributed by atoms with van der Waals surface area (Å²) in [7, 11) is 3.23. The second-order valence-electron chi connectivity index (χ2n) is 8.89. The van der Waals surface area contributed by atoms with Gasteiger partial charge in [0.15, 0.2) is 0 Å². The lowest BCUT2D eigenvalue weighted by atomic mass is 9.93. The van der Waals surface area contributed by atoms with Crippen LogP contribution in [0.15, 0.2) is 18.2 Å². The number of nitrogens with one attached hydrogen (secondary N) is 1. The quantitative estimate of drug-likeness (QED) is 0.731. The van der Waals surface area contributed by atoms with Gasteiger partial charge < -0.3 is 24.3 Å². The summed E-state index contributed by atoms with van der Waals surface area (Å²) in [5.74, 6) is 1.15. The maximum Gasteiger partial charge on any atom is 0.271 e. The van der Waals surface area contributed by atoms with Gasteiger partial charge in [0.25, 0.3) is 5.91 Å². The van der Waals surface area contributed by atoms with Crippen LogP contribution in [0, 0.1) is 0 Å². The third-order valence-corrected chi connectivity index (χ3v) is 6.86. The molecule has 1 aliphatic heterocycles. The number of hydrogen-bond acceptors (Lipinski definition) is 4. The summed E-state index contributed by atoms with van der Waals surface area (Å²) >= 11 is 0. The van der Waals surface area contributed by atoms with Crippen molar-refractivity contribution in [3.63, 3.8) is 0 Å².